The van der Waals surface area contributed by atoms with Crippen molar-refractivity contribution in [3.63, 3.8) is 0 Å². The molecule has 1 aromatic carbocycles. The topological polar surface area (TPSA) is 75.6 Å². The molecule has 1 fully saturated rings. The number of carbonyl (C=O) groups excluding carboxylic acids is 1. The van der Waals surface area contributed by atoms with Gasteiger partial charge in [-0.05, 0) is 12.1 Å². The largest absolute Gasteiger partial charge is 0.495 e. The number of allylic oxidation sites excluding steroid dienone is 2. The van der Waals surface area contributed by atoms with E-state index in [1.54, 1.807) is 24.3 Å². The van der Waals surface area contributed by atoms with Crippen LogP contribution in [-0.4, -0.2) is 38.2 Å². The van der Waals surface area contributed by atoms with Crippen molar-refractivity contribution >= 4 is 87.2 Å². The first-order chi connectivity index (χ1) is 12.5. The Balaban J connectivity index is 2.12. The van der Waals surface area contributed by atoms with Crippen LogP contribution in [0.25, 0.3) is 0 Å². The molecule has 0 aliphatic heterocycles. The fraction of sp³-hybridized carbons (Fsp3) is 0.375. The van der Waals surface area contributed by atoms with E-state index in [0.717, 1.165) is 0 Å². The third-order valence-electron chi connectivity index (χ3n) is 4.85. The highest BCUT2D eigenvalue weighted by atomic mass is 35.5. The first-order valence-electron chi connectivity index (χ1n) is 7.44. The van der Waals surface area contributed by atoms with Gasteiger partial charge in [-0.3, -0.25) is 9.59 Å². The Morgan fingerprint density at radius 2 is 1.56 bits per heavy atom. The summed E-state index contributed by atoms with van der Waals surface area (Å²) in [5.74, 6) is -5.02. The van der Waals surface area contributed by atoms with Gasteiger partial charge >= 0.3 is 5.97 Å². The van der Waals surface area contributed by atoms with E-state index < -0.39 is 37.8 Å². The molecule has 2 bridgehead atoms. The maximum Gasteiger partial charge on any atom is 0.309 e. The number of methoxy groups -OCH3 is 1. The number of rotatable bonds is 4. The molecule has 0 spiro atoms. The van der Waals surface area contributed by atoms with Crippen LogP contribution < -0.4 is 10.1 Å². The summed E-state index contributed by atoms with van der Waals surface area (Å²) in [4.78, 5) is 20.9. The average Bonchev–Trinajstić information content (AvgIpc) is 2.82. The van der Waals surface area contributed by atoms with Gasteiger partial charge in [0.15, 0.2) is 4.33 Å². The molecule has 11 heteroatoms. The van der Waals surface area contributed by atoms with Crippen molar-refractivity contribution in [3.8, 4) is 5.75 Å². The van der Waals surface area contributed by atoms with Crippen molar-refractivity contribution in [2.75, 3.05) is 12.4 Å². The molecule has 2 N–H and O–H groups in total. The number of hydrogen-bond donors (Lipinski definition) is 2. The minimum absolute atomic E-state index is 0.261. The summed E-state index contributed by atoms with van der Waals surface area (Å²) < 4.78 is 3.02. The SMILES string of the molecule is COc1ccccc1NC(=O)[C@H]1[C@@H](C(=O)O)[C@]2(Cl)C(Cl)=C(Cl)[C@]1(Cl)C2(Cl)Cl. The van der Waals surface area contributed by atoms with E-state index in [2.05, 4.69) is 5.32 Å². The molecule has 0 heterocycles. The zero-order valence-electron chi connectivity index (χ0n) is 13.4. The molecule has 4 atom stereocenters. The molecular formula is C16H11Cl6NO4. The first kappa shape index (κ1) is 21.2. The van der Waals surface area contributed by atoms with Crippen LogP contribution in [-0.2, 0) is 9.59 Å². The number of carboxylic acid groups (broad SMARTS) is 1. The second-order valence-corrected chi connectivity index (χ2v) is 9.38. The Labute approximate surface area is 184 Å². The molecule has 5 nitrogen and oxygen atoms in total. The van der Waals surface area contributed by atoms with Gasteiger partial charge in [0.2, 0.25) is 5.91 Å². The van der Waals surface area contributed by atoms with Crippen molar-refractivity contribution in [2.24, 2.45) is 11.8 Å². The smallest absolute Gasteiger partial charge is 0.309 e. The van der Waals surface area contributed by atoms with E-state index in [9.17, 15) is 14.7 Å². The van der Waals surface area contributed by atoms with Gasteiger partial charge in [0.1, 0.15) is 15.5 Å². The van der Waals surface area contributed by atoms with Gasteiger partial charge in [-0.15, -0.1) is 23.2 Å². The van der Waals surface area contributed by atoms with E-state index in [0.29, 0.717) is 11.4 Å². The number of halogens is 6. The molecule has 1 amide bonds. The molecule has 2 aliphatic rings. The molecule has 1 aromatic rings. The van der Waals surface area contributed by atoms with Gasteiger partial charge in [0.25, 0.3) is 0 Å². The van der Waals surface area contributed by atoms with E-state index in [4.69, 9.17) is 74.3 Å². The molecule has 0 saturated heterocycles. The fourth-order valence-electron chi connectivity index (χ4n) is 3.59. The van der Waals surface area contributed by atoms with E-state index in [1.807, 2.05) is 0 Å². The van der Waals surface area contributed by atoms with Crippen LogP contribution in [0.15, 0.2) is 34.3 Å². The predicted molar refractivity (Wildman–Crippen MR) is 107 cm³/mol. The molecule has 1 saturated carbocycles. The summed E-state index contributed by atoms with van der Waals surface area (Å²) in [7, 11) is 1.42. The highest BCUT2D eigenvalue weighted by Crippen LogP contribution is 2.76. The number of ether oxygens (including phenoxy) is 1. The van der Waals surface area contributed by atoms with Gasteiger partial charge < -0.3 is 15.2 Å². The number of carboxylic acids is 1. The number of aliphatic carboxylic acids is 1. The highest BCUT2D eigenvalue weighted by Gasteiger charge is 2.85. The van der Waals surface area contributed by atoms with E-state index in [-0.39, 0.29) is 10.1 Å². The number of alkyl halides is 4. The van der Waals surface area contributed by atoms with E-state index in [1.165, 1.54) is 7.11 Å². The van der Waals surface area contributed by atoms with Gasteiger partial charge in [0.05, 0.1) is 34.7 Å². The number of nitrogens with one attached hydrogen (secondary N) is 1. The molecule has 0 aromatic heterocycles. The van der Waals surface area contributed by atoms with Crippen LogP contribution >= 0.6 is 69.6 Å². The van der Waals surface area contributed by atoms with Crippen molar-refractivity contribution in [3.05, 3.63) is 34.3 Å². The number of anilines is 1. The minimum atomic E-state index is -2.15. The van der Waals surface area contributed by atoms with Crippen LogP contribution in [0.1, 0.15) is 0 Å². The number of fused-ring (bicyclic) bond motifs is 2. The Morgan fingerprint density at radius 1 is 1.04 bits per heavy atom. The summed E-state index contributed by atoms with van der Waals surface area (Å²) in [5, 5.41) is 11.8. The molecular weight excluding hydrogens is 483 g/mol. The monoisotopic (exact) mass is 491 g/mol. The van der Waals surface area contributed by atoms with Gasteiger partial charge in [-0.25, -0.2) is 0 Å². The summed E-state index contributed by atoms with van der Waals surface area (Å²) in [6, 6.07) is 6.53. The highest BCUT2D eigenvalue weighted by molar-refractivity contribution is 6.66. The molecule has 0 radical (unpaired) electrons. The number of benzene rings is 1. The number of para-hydroxylation sites is 2. The van der Waals surface area contributed by atoms with Crippen molar-refractivity contribution in [1.29, 1.82) is 0 Å². The van der Waals surface area contributed by atoms with Gasteiger partial charge in [-0.2, -0.15) is 0 Å². The van der Waals surface area contributed by atoms with Gasteiger partial charge in [-0.1, -0.05) is 58.5 Å². The van der Waals surface area contributed by atoms with Crippen LogP contribution in [0.2, 0.25) is 0 Å². The van der Waals surface area contributed by atoms with Crippen LogP contribution in [0, 0.1) is 11.8 Å². The lowest BCUT2D eigenvalue weighted by atomic mass is 9.81. The third kappa shape index (κ3) is 2.52. The number of hydrogen-bond acceptors (Lipinski definition) is 3. The Kier molecular flexibility index (Phi) is 5.29. The summed E-state index contributed by atoms with van der Waals surface area (Å²) >= 11 is 38.1. The average molecular weight is 494 g/mol. The zero-order chi connectivity index (χ0) is 20.4. The number of amides is 1. The molecule has 2 aliphatic carbocycles. The lowest BCUT2D eigenvalue weighted by Gasteiger charge is -2.33. The second kappa shape index (κ2) is 6.75. The zero-order valence-corrected chi connectivity index (χ0v) is 17.9. The minimum Gasteiger partial charge on any atom is -0.495 e. The Bertz CT molecular complexity index is 874. The quantitative estimate of drug-likeness (QED) is 0.591. The lowest BCUT2D eigenvalue weighted by Crippen LogP contribution is -2.47. The first-order valence-corrected chi connectivity index (χ1v) is 9.71. The molecule has 27 heavy (non-hydrogen) atoms. The molecule has 3 rings (SSSR count). The van der Waals surface area contributed by atoms with Crippen LogP contribution in [0.5, 0.6) is 5.75 Å². The predicted octanol–water partition coefficient (Wildman–Crippen LogP) is 4.80. The third-order valence-corrected chi connectivity index (χ3v) is 9.11. The standard InChI is InChI=1S/C16H11Cl6NO4/c1-27-7-5-3-2-4-6(7)23-12(24)8-9(13(25)26)15(20)11(18)10(17)14(8,19)16(15,21)22/h2-5,8-9H,1H3,(H,23,24)(H,25,26)/t8-,9+,14+,15+/m1/s1. The van der Waals surface area contributed by atoms with Gasteiger partial charge in [0, 0.05) is 0 Å². The Morgan fingerprint density at radius 3 is 2.07 bits per heavy atom. The summed E-state index contributed by atoms with van der Waals surface area (Å²) in [6.07, 6.45) is 0. The molecule has 0 unspecified atom stereocenters. The summed E-state index contributed by atoms with van der Waals surface area (Å²) in [5.41, 5.74) is 0.293. The molecule has 146 valence electrons. The Hall–Kier alpha value is -0.560. The normalized spacial score (nSPS) is 33.9. The number of carbonyl (C=O) groups is 2. The maximum absolute atomic E-state index is 13.1. The van der Waals surface area contributed by atoms with Crippen LogP contribution in [0.4, 0.5) is 5.69 Å². The van der Waals surface area contributed by atoms with E-state index >= 15 is 0 Å². The van der Waals surface area contributed by atoms with Crippen molar-refractivity contribution < 1.29 is 19.4 Å². The van der Waals surface area contributed by atoms with Crippen molar-refractivity contribution in [2.45, 2.75) is 14.1 Å². The second-order valence-electron chi connectivity index (χ2n) is 6.11. The fourth-order valence-corrected chi connectivity index (χ4v) is 6.52. The van der Waals surface area contributed by atoms with Crippen molar-refractivity contribution in [1.82, 2.24) is 0 Å². The summed E-state index contributed by atoms with van der Waals surface area (Å²) in [6.45, 7) is 0. The lowest BCUT2D eigenvalue weighted by molar-refractivity contribution is -0.146. The van der Waals surface area contributed by atoms with Crippen LogP contribution in [0.3, 0.4) is 0 Å². The maximum atomic E-state index is 13.1.